The lowest BCUT2D eigenvalue weighted by Gasteiger charge is -2.27. The predicted octanol–water partition coefficient (Wildman–Crippen LogP) is 4.32. The normalized spacial score (nSPS) is 15.5. The van der Waals surface area contributed by atoms with Gasteiger partial charge in [0.1, 0.15) is 17.2 Å². The largest absolute Gasteiger partial charge is 0.332 e. The predicted molar refractivity (Wildman–Crippen MR) is 114 cm³/mol. The third-order valence-electron chi connectivity index (χ3n) is 5.12. The second kappa shape index (κ2) is 8.81. The van der Waals surface area contributed by atoms with Crippen LogP contribution >= 0.6 is 11.8 Å². The van der Waals surface area contributed by atoms with Crippen molar-refractivity contribution in [3.8, 4) is 0 Å². The molecule has 1 fully saturated rings. The summed E-state index contributed by atoms with van der Waals surface area (Å²) in [4.78, 5) is 42.8. The molecule has 7 nitrogen and oxygen atoms in total. The van der Waals surface area contributed by atoms with E-state index in [1.54, 1.807) is 13.0 Å². The first-order chi connectivity index (χ1) is 15.0. The van der Waals surface area contributed by atoms with Gasteiger partial charge in [0.15, 0.2) is 11.6 Å². The zero-order valence-electron chi connectivity index (χ0n) is 17.8. The molecule has 1 aromatic carbocycles. The number of nitrogens with zero attached hydrogens (tertiary/aromatic N) is 3. The van der Waals surface area contributed by atoms with Crippen molar-refractivity contribution in [2.24, 2.45) is 0 Å². The molecule has 3 rings (SSSR count). The van der Waals surface area contributed by atoms with Gasteiger partial charge in [0, 0.05) is 25.2 Å². The number of carbonyl (C=O) groups excluding carboxylic acids is 3. The molecule has 11 heteroatoms. The van der Waals surface area contributed by atoms with Crippen LogP contribution in [-0.2, 0) is 16.1 Å². The number of anilines is 2. The highest BCUT2D eigenvalue weighted by Gasteiger charge is 2.52. The molecule has 1 aromatic heterocycles. The summed E-state index contributed by atoms with van der Waals surface area (Å²) in [5.41, 5.74) is -1.67. The topological polar surface area (TPSA) is 82.6 Å². The molecule has 1 aliphatic heterocycles. The Morgan fingerprint density at radius 1 is 1.19 bits per heavy atom. The Morgan fingerprint density at radius 3 is 2.50 bits per heavy atom. The van der Waals surface area contributed by atoms with E-state index in [4.69, 9.17) is 0 Å². The molecule has 1 aliphatic rings. The number of halogens is 3. The third-order valence-corrected chi connectivity index (χ3v) is 5.90. The van der Waals surface area contributed by atoms with Gasteiger partial charge in [-0.1, -0.05) is 6.92 Å². The van der Waals surface area contributed by atoms with Crippen LogP contribution in [0, 0.1) is 17.5 Å². The number of nitrogens with one attached hydrogen (secondary N) is 1. The fourth-order valence-electron chi connectivity index (χ4n) is 3.28. The van der Waals surface area contributed by atoms with Crippen LogP contribution in [0.1, 0.15) is 32.8 Å². The van der Waals surface area contributed by atoms with E-state index in [1.807, 2.05) is 0 Å². The second-order valence-electron chi connectivity index (χ2n) is 7.56. The Morgan fingerprint density at radius 2 is 1.88 bits per heavy atom. The molecule has 0 spiro atoms. The van der Waals surface area contributed by atoms with Gasteiger partial charge >= 0.3 is 6.03 Å². The van der Waals surface area contributed by atoms with Gasteiger partial charge in [-0.25, -0.2) is 27.8 Å². The summed E-state index contributed by atoms with van der Waals surface area (Å²) in [6.45, 7) is 4.51. The van der Waals surface area contributed by atoms with E-state index in [-0.39, 0.29) is 24.7 Å². The van der Waals surface area contributed by atoms with Gasteiger partial charge < -0.3 is 10.2 Å². The van der Waals surface area contributed by atoms with E-state index in [0.717, 1.165) is 4.90 Å². The Labute approximate surface area is 187 Å². The van der Waals surface area contributed by atoms with E-state index in [1.165, 1.54) is 32.4 Å². The first-order valence-corrected chi connectivity index (χ1v) is 10.9. The van der Waals surface area contributed by atoms with Crippen LogP contribution in [-0.4, -0.2) is 39.5 Å². The molecule has 4 amide bonds. The summed E-state index contributed by atoms with van der Waals surface area (Å²) in [5, 5.41) is 2.60. The van der Waals surface area contributed by atoms with Gasteiger partial charge in [-0.2, -0.15) is 0 Å². The van der Waals surface area contributed by atoms with E-state index >= 15 is 0 Å². The van der Waals surface area contributed by atoms with Crippen molar-refractivity contribution in [1.29, 1.82) is 0 Å². The van der Waals surface area contributed by atoms with E-state index < -0.39 is 45.5 Å². The highest BCUT2D eigenvalue weighted by atomic mass is 32.2. The number of pyridine rings is 1. The minimum absolute atomic E-state index is 0.0823. The van der Waals surface area contributed by atoms with Gasteiger partial charge in [-0.3, -0.25) is 9.59 Å². The smallest absolute Gasteiger partial charge is 0.311 e. The number of benzene rings is 1. The highest BCUT2D eigenvalue weighted by molar-refractivity contribution is 7.98. The van der Waals surface area contributed by atoms with E-state index in [9.17, 15) is 27.6 Å². The lowest BCUT2D eigenvalue weighted by atomic mass is 10.0. The van der Waals surface area contributed by atoms with Crippen molar-refractivity contribution in [1.82, 2.24) is 9.88 Å². The summed E-state index contributed by atoms with van der Waals surface area (Å²) in [6, 6.07) is 2.85. The van der Waals surface area contributed by atoms with E-state index in [2.05, 4.69) is 10.3 Å². The van der Waals surface area contributed by atoms with Crippen molar-refractivity contribution in [2.45, 2.75) is 44.2 Å². The quantitative estimate of drug-likeness (QED) is 0.390. The summed E-state index contributed by atoms with van der Waals surface area (Å²) < 4.78 is 43.3. The first kappa shape index (κ1) is 23.6. The number of amides is 4. The van der Waals surface area contributed by atoms with Gasteiger partial charge in [0.25, 0.3) is 5.91 Å². The Balaban J connectivity index is 1.97. The zero-order valence-corrected chi connectivity index (χ0v) is 18.6. The number of aromatic nitrogens is 1. The minimum Gasteiger partial charge on any atom is -0.311 e. The van der Waals surface area contributed by atoms with Gasteiger partial charge in [0.05, 0.1) is 10.6 Å². The molecule has 170 valence electrons. The average Bonchev–Trinajstić information content (AvgIpc) is 2.91. The van der Waals surface area contributed by atoms with Crippen molar-refractivity contribution in [2.75, 3.05) is 16.5 Å². The number of imide groups is 1. The summed E-state index contributed by atoms with van der Waals surface area (Å²) in [7, 11) is 0. The maximum absolute atomic E-state index is 14.7. The fraction of sp³-hybridized carbons (Fsp3) is 0.333. The first-order valence-electron chi connectivity index (χ1n) is 9.65. The van der Waals surface area contributed by atoms with Gasteiger partial charge in [-0.05, 0) is 37.8 Å². The number of carbonyl (C=O) groups is 3. The SMILES string of the molecule is CCC(=O)Nc1cc(CN2C(=O)N(c3cc(F)c(SC)c(F)c3F)C(=O)C2(C)C)ccn1. The van der Waals surface area contributed by atoms with Gasteiger partial charge in [0.2, 0.25) is 5.91 Å². The molecule has 1 N–H and O–H groups in total. The zero-order chi connectivity index (χ0) is 23.8. The molecule has 0 bridgehead atoms. The lowest BCUT2D eigenvalue weighted by molar-refractivity contribution is -0.123. The molecule has 2 heterocycles. The van der Waals surface area contributed by atoms with Crippen LogP contribution in [0.3, 0.4) is 0 Å². The Hall–Kier alpha value is -3.08. The number of urea groups is 1. The molecule has 1 saturated heterocycles. The maximum Gasteiger partial charge on any atom is 0.332 e. The minimum atomic E-state index is -1.48. The van der Waals surface area contributed by atoms with Crippen LogP contribution in [0.5, 0.6) is 0 Å². The molecule has 0 unspecified atom stereocenters. The maximum atomic E-state index is 14.7. The molecule has 0 saturated carbocycles. The van der Waals surface area contributed by atoms with Crippen LogP contribution in [0.4, 0.5) is 29.5 Å². The average molecular weight is 466 g/mol. The number of hydrogen-bond acceptors (Lipinski definition) is 5. The fourth-order valence-corrected chi connectivity index (χ4v) is 3.81. The third kappa shape index (κ3) is 4.04. The number of hydrogen-bond donors (Lipinski definition) is 1. The van der Waals surface area contributed by atoms with Crippen molar-refractivity contribution in [3.05, 3.63) is 47.4 Å². The Kier molecular flexibility index (Phi) is 6.49. The molecular weight excluding hydrogens is 445 g/mol. The van der Waals surface area contributed by atoms with Crippen LogP contribution in [0.2, 0.25) is 0 Å². The molecular formula is C21H21F3N4O3S. The summed E-state index contributed by atoms with van der Waals surface area (Å²) >= 11 is 0.674. The standard InChI is InChI=1S/C21H21F3N4O3S/c1-5-15(29)26-14-8-11(6-7-25-14)10-27-20(31)28(19(30)21(27,2)3)13-9-12(22)18(32-4)17(24)16(13)23/h6-9H,5,10H2,1-4H3,(H,25,26,29). The monoisotopic (exact) mass is 466 g/mol. The second-order valence-corrected chi connectivity index (χ2v) is 8.37. The van der Waals surface area contributed by atoms with Gasteiger partial charge in [-0.15, -0.1) is 11.8 Å². The van der Waals surface area contributed by atoms with Crippen molar-refractivity contribution >= 4 is 41.1 Å². The molecule has 32 heavy (non-hydrogen) atoms. The van der Waals surface area contributed by atoms with Crippen LogP contribution in [0.25, 0.3) is 0 Å². The lowest BCUT2D eigenvalue weighted by Crippen LogP contribution is -2.43. The Bertz CT molecular complexity index is 1110. The summed E-state index contributed by atoms with van der Waals surface area (Å²) in [5.74, 6) is -4.83. The van der Waals surface area contributed by atoms with Crippen LogP contribution < -0.4 is 10.2 Å². The summed E-state index contributed by atoms with van der Waals surface area (Å²) in [6.07, 6.45) is 3.06. The van der Waals surface area contributed by atoms with Crippen LogP contribution in [0.15, 0.2) is 29.3 Å². The molecule has 0 atom stereocenters. The highest BCUT2D eigenvalue weighted by Crippen LogP contribution is 2.38. The van der Waals surface area contributed by atoms with Crippen molar-refractivity contribution in [3.63, 3.8) is 0 Å². The molecule has 2 aromatic rings. The molecule has 0 radical (unpaired) electrons. The number of thioether (sulfide) groups is 1. The van der Waals surface area contributed by atoms with E-state index in [0.29, 0.717) is 28.3 Å². The molecule has 0 aliphatic carbocycles. The van der Waals surface area contributed by atoms with Crippen molar-refractivity contribution < 1.29 is 27.6 Å². The number of rotatable bonds is 6.